The lowest BCUT2D eigenvalue weighted by molar-refractivity contribution is -0.766. The van der Waals surface area contributed by atoms with Gasteiger partial charge in [-0.05, 0) is 6.42 Å². The molecule has 0 aromatic carbocycles. The molecule has 0 aliphatic carbocycles. The van der Waals surface area contributed by atoms with E-state index in [1.54, 1.807) is 6.92 Å². The summed E-state index contributed by atoms with van der Waals surface area (Å²) in [4.78, 5) is 24.9. The fourth-order valence-corrected chi connectivity index (χ4v) is 2.97. The highest BCUT2D eigenvalue weighted by molar-refractivity contribution is 5.97. The third-order valence-corrected chi connectivity index (χ3v) is 4.09. The number of carbonyl (C=O) groups excluding carboxylic acids is 2. The predicted octanol–water partition coefficient (Wildman–Crippen LogP) is -0.916. The van der Waals surface area contributed by atoms with Gasteiger partial charge in [-0.1, -0.05) is 6.92 Å². The van der Waals surface area contributed by atoms with Crippen LogP contribution in [0.1, 0.15) is 26.2 Å². The highest BCUT2D eigenvalue weighted by atomic mass is 16.6. The molecule has 18 heavy (non-hydrogen) atoms. The Hall–Kier alpha value is -1.46. The normalized spacial score (nSPS) is 35.0. The van der Waals surface area contributed by atoms with Gasteiger partial charge in [-0.2, -0.15) is 0 Å². The van der Waals surface area contributed by atoms with Gasteiger partial charge in [0, 0.05) is 24.5 Å². The lowest BCUT2D eigenvalue weighted by atomic mass is 9.83. The van der Waals surface area contributed by atoms with Gasteiger partial charge in [0.05, 0.1) is 6.54 Å². The van der Waals surface area contributed by atoms with Crippen LogP contribution in [-0.4, -0.2) is 35.7 Å². The van der Waals surface area contributed by atoms with E-state index in [1.807, 2.05) is 6.08 Å². The minimum absolute atomic E-state index is 0.0113. The van der Waals surface area contributed by atoms with Gasteiger partial charge in [0.1, 0.15) is 17.9 Å². The quantitative estimate of drug-likeness (QED) is 0.591. The van der Waals surface area contributed by atoms with Crippen LogP contribution in [0.5, 0.6) is 0 Å². The summed E-state index contributed by atoms with van der Waals surface area (Å²) >= 11 is 0. The average molecular weight is 250 g/mol. The van der Waals surface area contributed by atoms with Crippen molar-refractivity contribution in [3.8, 4) is 0 Å². The summed E-state index contributed by atoms with van der Waals surface area (Å²) in [6.45, 7) is 2.50. The summed E-state index contributed by atoms with van der Waals surface area (Å²) in [6, 6.07) is 0. The van der Waals surface area contributed by atoms with Gasteiger partial charge in [-0.25, -0.2) is 14.5 Å². The minimum atomic E-state index is -1.65. The van der Waals surface area contributed by atoms with E-state index in [2.05, 4.69) is 0 Å². The van der Waals surface area contributed by atoms with E-state index in [0.717, 1.165) is 30.0 Å². The highest BCUT2D eigenvalue weighted by Gasteiger charge is 2.50. The van der Waals surface area contributed by atoms with Crippen molar-refractivity contribution in [2.24, 2.45) is 0 Å². The predicted molar refractivity (Wildman–Crippen MR) is 61.4 cm³/mol. The molecular weight excluding hydrogens is 234 g/mol. The SMILES string of the molecule is CCC1(O)C(=O)OCC2=C1C=C1CCC[NH+]1C2=O. The van der Waals surface area contributed by atoms with Crippen LogP contribution < -0.4 is 4.90 Å². The van der Waals surface area contributed by atoms with Gasteiger partial charge in [0.15, 0.2) is 5.60 Å². The molecule has 0 bridgehead atoms. The molecule has 0 radical (unpaired) electrons. The smallest absolute Gasteiger partial charge is 0.348 e. The summed E-state index contributed by atoms with van der Waals surface area (Å²) in [5.41, 5.74) is 0.261. The van der Waals surface area contributed by atoms with E-state index in [4.69, 9.17) is 4.74 Å². The topological polar surface area (TPSA) is 68.0 Å². The number of ether oxygens (including phenoxy) is 1. The summed E-state index contributed by atoms with van der Waals surface area (Å²) in [5.74, 6) is -0.686. The van der Waals surface area contributed by atoms with Gasteiger partial charge >= 0.3 is 11.9 Å². The molecule has 1 amide bonds. The second kappa shape index (κ2) is 3.76. The number of hydrogen-bond acceptors (Lipinski definition) is 4. The van der Waals surface area contributed by atoms with E-state index in [1.165, 1.54) is 0 Å². The molecule has 1 fully saturated rings. The highest BCUT2D eigenvalue weighted by Crippen LogP contribution is 2.33. The van der Waals surface area contributed by atoms with Gasteiger partial charge in [0.2, 0.25) is 0 Å². The van der Waals surface area contributed by atoms with Crippen LogP contribution in [0.25, 0.3) is 0 Å². The van der Waals surface area contributed by atoms with Gasteiger partial charge < -0.3 is 9.84 Å². The molecular formula is C13H16NO4+. The number of aliphatic hydroxyl groups is 1. The van der Waals surface area contributed by atoms with Crippen molar-refractivity contribution in [1.82, 2.24) is 0 Å². The van der Waals surface area contributed by atoms with Crippen LogP contribution >= 0.6 is 0 Å². The fraction of sp³-hybridized carbons (Fsp3) is 0.538. The van der Waals surface area contributed by atoms with E-state index >= 15 is 0 Å². The molecule has 0 aromatic heterocycles. The minimum Gasteiger partial charge on any atom is -0.458 e. The Kier molecular flexibility index (Phi) is 2.43. The molecule has 0 aromatic rings. The molecule has 3 aliphatic rings. The number of quaternary nitrogens is 1. The van der Waals surface area contributed by atoms with E-state index in [0.29, 0.717) is 11.1 Å². The van der Waals surface area contributed by atoms with Crippen molar-refractivity contribution in [1.29, 1.82) is 0 Å². The largest absolute Gasteiger partial charge is 0.458 e. The zero-order valence-corrected chi connectivity index (χ0v) is 10.3. The Morgan fingerprint density at radius 1 is 1.50 bits per heavy atom. The standard InChI is InChI=1S/C13H15NO4/c1-2-13(17)10-6-8-4-3-5-14(8)11(15)9(10)7-18-12(13)16/h6,17H,2-5,7H2,1H3/p+1. The maximum atomic E-state index is 12.3. The van der Waals surface area contributed by atoms with Gasteiger partial charge in [-0.15, -0.1) is 0 Å². The molecule has 0 saturated carbocycles. The van der Waals surface area contributed by atoms with Crippen LogP contribution in [0.4, 0.5) is 0 Å². The number of allylic oxidation sites excluding steroid dienone is 1. The van der Waals surface area contributed by atoms with Gasteiger partial charge in [-0.3, -0.25) is 0 Å². The Bertz CT molecular complexity index is 505. The molecule has 0 spiro atoms. The third-order valence-electron chi connectivity index (χ3n) is 4.09. The van der Waals surface area contributed by atoms with Crippen molar-refractivity contribution in [2.75, 3.05) is 13.2 Å². The summed E-state index contributed by atoms with van der Waals surface area (Å²) in [7, 11) is 0. The Morgan fingerprint density at radius 3 is 3.00 bits per heavy atom. The Morgan fingerprint density at radius 2 is 2.28 bits per heavy atom. The van der Waals surface area contributed by atoms with Crippen molar-refractivity contribution in [3.63, 3.8) is 0 Å². The Labute approximate surface area is 105 Å². The molecule has 96 valence electrons. The first-order chi connectivity index (χ1) is 8.58. The maximum Gasteiger partial charge on any atom is 0.348 e. The Balaban J connectivity index is 2.14. The van der Waals surface area contributed by atoms with Crippen molar-refractivity contribution in [3.05, 3.63) is 22.9 Å². The number of carbonyl (C=O) groups is 2. The molecule has 2 N–H and O–H groups in total. The monoisotopic (exact) mass is 250 g/mol. The number of amides is 1. The number of esters is 1. The molecule has 5 nitrogen and oxygen atoms in total. The first-order valence-electron chi connectivity index (χ1n) is 6.32. The van der Waals surface area contributed by atoms with Crippen LogP contribution in [-0.2, 0) is 14.3 Å². The molecule has 1 saturated heterocycles. The van der Waals surface area contributed by atoms with Gasteiger partial charge in [0.25, 0.3) is 0 Å². The first-order valence-corrected chi connectivity index (χ1v) is 6.32. The van der Waals surface area contributed by atoms with Crippen LogP contribution in [0.3, 0.4) is 0 Å². The van der Waals surface area contributed by atoms with Crippen LogP contribution in [0.15, 0.2) is 22.9 Å². The molecule has 5 heteroatoms. The summed E-state index contributed by atoms with van der Waals surface area (Å²) in [5, 5.41) is 10.4. The second-order valence-corrected chi connectivity index (χ2v) is 5.01. The molecule has 2 atom stereocenters. The number of hydrogen-bond donors (Lipinski definition) is 2. The zero-order chi connectivity index (χ0) is 12.9. The first kappa shape index (κ1) is 11.6. The lowest BCUT2D eigenvalue weighted by Crippen LogP contribution is -3.12. The number of cyclic esters (lactones) is 1. The van der Waals surface area contributed by atoms with Crippen LogP contribution in [0.2, 0.25) is 0 Å². The van der Waals surface area contributed by atoms with Crippen molar-refractivity contribution in [2.45, 2.75) is 31.8 Å². The number of fused-ring (bicyclic) bond motifs is 1. The third kappa shape index (κ3) is 1.34. The average Bonchev–Trinajstić information content (AvgIpc) is 2.83. The zero-order valence-electron chi connectivity index (χ0n) is 10.3. The summed E-state index contributed by atoms with van der Waals surface area (Å²) < 4.78 is 4.96. The van der Waals surface area contributed by atoms with E-state index in [9.17, 15) is 14.7 Å². The van der Waals surface area contributed by atoms with E-state index < -0.39 is 11.6 Å². The molecule has 3 heterocycles. The van der Waals surface area contributed by atoms with Crippen molar-refractivity contribution >= 4 is 11.9 Å². The number of nitrogens with one attached hydrogen (secondary N) is 1. The molecule has 3 rings (SSSR count). The van der Waals surface area contributed by atoms with E-state index in [-0.39, 0.29) is 18.9 Å². The molecule has 3 aliphatic heterocycles. The second-order valence-electron chi connectivity index (χ2n) is 5.01. The fourth-order valence-electron chi connectivity index (χ4n) is 2.97. The van der Waals surface area contributed by atoms with Crippen molar-refractivity contribution < 1.29 is 24.3 Å². The van der Waals surface area contributed by atoms with Crippen LogP contribution in [0, 0.1) is 0 Å². The molecule has 2 unspecified atom stereocenters. The summed E-state index contributed by atoms with van der Waals surface area (Å²) in [6.07, 6.45) is 3.87. The lowest BCUT2D eigenvalue weighted by Gasteiger charge is -2.34. The number of rotatable bonds is 1. The maximum absolute atomic E-state index is 12.3.